The van der Waals surface area contributed by atoms with Gasteiger partial charge >= 0.3 is 0 Å². The Hall–Kier alpha value is -0.630. The molecule has 0 aromatic rings. The summed E-state index contributed by atoms with van der Waals surface area (Å²) < 4.78 is 0. The topological polar surface area (TPSA) is 56.3 Å². The van der Waals surface area contributed by atoms with Gasteiger partial charge in [-0.3, -0.25) is 0 Å². The van der Waals surface area contributed by atoms with Crippen molar-refractivity contribution in [3.63, 3.8) is 0 Å². The molecule has 0 radical (unpaired) electrons. The molecule has 1 aliphatic rings. The minimum Gasteiger partial charge on any atom is -0.313 e. The quantitative estimate of drug-likeness (QED) is 0.777. The number of hydrogen-bond acceptors (Lipinski definition) is 4. The fourth-order valence-corrected chi connectivity index (χ4v) is 2.57. The molecule has 2 N–H and O–H groups in total. The van der Waals surface area contributed by atoms with Gasteiger partial charge in [0.05, 0.1) is 6.07 Å². The molecule has 0 bridgehead atoms. The second kappa shape index (κ2) is 7.08. The number of hydrogen-bond donors (Lipinski definition) is 1. The summed E-state index contributed by atoms with van der Waals surface area (Å²) in [6.07, 6.45) is 5.07. The van der Waals surface area contributed by atoms with Crippen LogP contribution in [-0.4, -0.2) is 55.1 Å². The summed E-state index contributed by atoms with van der Waals surface area (Å²) in [5.41, 5.74) is 5.38. The van der Waals surface area contributed by atoms with E-state index < -0.39 is 5.54 Å². The number of nitrogens with two attached hydrogens (primary N) is 1. The zero-order chi connectivity index (χ0) is 13.6. The molecule has 1 heterocycles. The van der Waals surface area contributed by atoms with E-state index in [4.69, 9.17) is 11.0 Å². The van der Waals surface area contributed by atoms with Crippen LogP contribution in [0, 0.1) is 11.3 Å². The summed E-state index contributed by atoms with van der Waals surface area (Å²) in [7, 11) is 4.39. The van der Waals surface area contributed by atoms with Crippen molar-refractivity contribution < 1.29 is 0 Å². The molecule has 0 saturated carbocycles. The molecule has 0 spiro atoms. The van der Waals surface area contributed by atoms with Gasteiger partial charge in [-0.05, 0) is 65.8 Å². The molecule has 1 atom stereocenters. The van der Waals surface area contributed by atoms with Crippen LogP contribution < -0.4 is 5.73 Å². The summed E-state index contributed by atoms with van der Waals surface area (Å²) in [5, 5.41) is 9.03. The Morgan fingerprint density at radius 3 is 2.56 bits per heavy atom. The second-order valence-corrected chi connectivity index (χ2v) is 5.74. The lowest BCUT2D eigenvalue weighted by molar-refractivity contribution is 0.141. The van der Waals surface area contributed by atoms with Gasteiger partial charge in [-0.1, -0.05) is 6.92 Å². The van der Waals surface area contributed by atoms with Gasteiger partial charge in [0, 0.05) is 6.04 Å². The average molecular weight is 252 g/mol. The second-order valence-electron chi connectivity index (χ2n) is 5.74. The molecule has 104 valence electrons. The maximum atomic E-state index is 9.03. The molecule has 1 unspecified atom stereocenters. The lowest BCUT2D eigenvalue weighted by Gasteiger charge is -2.35. The lowest BCUT2D eigenvalue weighted by Crippen LogP contribution is -2.43. The van der Waals surface area contributed by atoms with Crippen LogP contribution in [0.25, 0.3) is 0 Å². The molecule has 1 fully saturated rings. The Morgan fingerprint density at radius 1 is 1.44 bits per heavy atom. The zero-order valence-electron chi connectivity index (χ0n) is 12.2. The Bertz CT molecular complexity index is 278. The molecule has 4 heteroatoms. The van der Waals surface area contributed by atoms with Crippen LogP contribution in [0.15, 0.2) is 0 Å². The highest BCUT2D eigenvalue weighted by Crippen LogP contribution is 2.17. The Labute approximate surface area is 112 Å². The van der Waals surface area contributed by atoms with Crippen LogP contribution in [0.4, 0.5) is 0 Å². The van der Waals surface area contributed by atoms with Crippen molar-refractivity contribution in [1.29, 1.82) is 5.26 Å². The first-order chi connectivity index (χ1) is 8.50. The summed E-state index contributed by atoms with van der Waals surface area (Å²) in [6.45, 7) is 5.44. The minimum absolute atomic E-state index is 0.617. The average Bonchev–Trinajstić information content (AvgIpc) is 2.39. The molecule has 1 aliphatic heterocycles. The van der Waals surface area contributed by atoms with Crippen LogP contribution in [-0.2, 0) is 0 Å². The highest BCUT2D eigenvalue weighted by molar-refractivity contribution is 5.03. The molecule has 0 aliphatic carbocycles. The fraction of sp³-hybridized carbons (Fsp3) is 0.929. The van der Waals surface area contributed by atoms with Crippen LogP contribution >= 0.6 is 0 Å². The minimum atomic E-state index is -0.617. The Morgan fingerprint density at radius 2 is 2.06 bits per heavy atom. The zero-order valence-corrected chi connectivity index (χ0v) is 12.2. The molecule has 0 aromatic heterocycles. The molecule has 1 saturated heterocycles. The van der Waals surface area contributed by atoms with Gasteiger partial charge in [0.25, 0.3) is 0 Å². The van der Waals surface area contributed by atoms with E-state index in [9.17, 15) is 0 Å². The maximum Gasteiger partial charge on any atom is 0.104 e. The molecule has 0 aromatic carbocycles. The fourth-order valence-electron chi connectivity index (χ4n) is 2.57. The van der Waals surface area contributed by atoms with Crippen molar-refractivity contribution in [2.24, 2.45) is 5.73 Å². The van der Waals surface area contributed by atoms with Crippen molar-refractivity contribution >= 4 is 0 Å². The normalized spacial score (nSPS) is 21.8. The van der Waals surface area contributed by atoms with Crippen LogP contribution in [0.1, 0.15) is 39.0 Å². The van der Waals surface area contributed by atoms with E-state index in [1.807, 2.05) is 6.92 Å². The van der Waals surface area contributed by atoms with Crippen molar-refractivity contribution in [2.75, 3.05) is 33.7 Å². The van der Waals surface area contributed by atoms with Gasteiger partial charge in [0.15, 0.2) is 0 Å². The van der Waals surface area contributed by atoms with Gasteiger partial charge in [-0.2, -0.15) is 5.26 Å². The number of piperidine rings is 1. The molecule has 0 amide bonds. The Kier molecular flexibility index (Phi) is 6.07. The van der Waals surface area contributed by atoms with Crippen LogP contribution in [0.5, 0.6) is 0 Å². The summed E-state index contributed by atoms with van der Waals surface area (Å²) in [6, 6.07) is 2.95. The van der Waals surface area contributed by atoms with Crippen molar-refractivity contribution in [3.8, 4) is 6.07 Å². The summed E-state index contributed by atoms with van der Waals surface area (Å²) >= 11 is 0. The van der Waals surface area contributed by atoms with Gasteiger partial charge in [0.2, 0.25) is 0 Å². The van der Waals surface area contributed by atoms with E-state index in [0.29, 0.717) is 6.04 Å². The largest absolute Gasteiger partial charge is 0.313 e. The van der Waals surface area contributed by atoms with Gasteiger partial charge in [0.1, 0.15) is 5.54 Å². The Balaban J connectivity index is 2.25. The number of likely N-dealkylation sites (tertiary alicyclic amines) is 1. The molecule has 1 rings (SSSR count). The van der Waals surface area contributed by atoms with E-state index >= 15 is 0 Å². The first-order valence-corrected chi connectivity index (χ1v) is 7.09. The predicted octanol–water partition coefficient (Wildman–Crippen LogP) is 1.42. The van der Waals surface area contributed by atoms with Gasteiger partial charge in [-0.25, -0.2) is 0 Å². The smallest absolute Gasteiger partial charge is 0.104 e. The molecular weight excluding hydrogens is 224 g/mol. The lowest BCUT2D eigenvalue weighted by atomic mass is 9.93. The van der Waals surface area contributed by atoms with E-state index in [1.165, 1.54) is 25.9 Å². The molecule has 18 heavy (non-hydrogen) atoms. The number of nitriles is 1. The molecule has 4 nitrogen and oxygen atoms in total. The van der Waals surface area contributed by atoms with Gasteiger partial charge < -0.3 is 15.5 Å². The monoisotopic (exact) mass is 252 g/mol. The third-order valence-electron chi connectivity index (χ3n) is 4.30. The van der Waals surface area contributed by atoms with Crippen molar-refractivity contribution in [1.82, 2.24) is 9.80 Å². The highest BCUT2D eigenvalue weighted by Gasteiger charge is 2.23. The first-order valence-electron chi connectivity index (χ1n) is 7.09. The van der Waals surface area contributed by atoms with E-state index in [-0.39, 0.29) is 0 Å². The first kappa shape index (κ1) is 15.4. The van der Waals surface area contributed by atoms with E-state index in [1.54, 1.807) is 0 Å². The molecular formula is C14H28N4. The number of rotatable bonds is 6. The summed E-state index contributed by atoms with van der Waals surface area (Å²) in [4.78, 5) is 4.84. The third kappa shape index (κ3) is 4.56. The van der Waals surface area contributed by atoms with Crippen LogP contribution in [0.3, 0.4) is 0 Å². The van der Waals surface area contributed by atoms with Gasteiger partial charge in [-0.15, -0.1) is 0 Å². The predicted molar refractivity (Wildman–Crippen MR) is 75.2 cm³/mol. The van der Waals surface area contributed by atoms with Crippen LogP contribution in [0.2, 0.25) is 0 Å². The highest BCUT2D eigenvalue weighted by atomic mass is 15.2. The summed E-state index contributed by atoms with van der Waals surface area (Å²) in [5.74, 6) is 0. The SMILES string of the molecule is CCC(N)(C#N)CCCN(C)C1CCN(C)CC1. The maximum absolute atomic E-state index is 9.03. The van der Waals surface area contributed by atoms with Crippen molar-refractivity contribution in [2.45, 2.75) is 50.6 Å². The third-order valence-corrected chi connectivity index (χ3v) is 4.30. The van der Waals surface area contributed by atoms with E-state index in [0.717, 1.165) is 25.8 Å². The number of nitrogens with zero attached hydrogens (tertiary/aromatic N) is 3. The standard InChI is InChI=1S/C14H28N4/c1-4-14(16,12-15)8-5-9-18(3)13-6-10-17(2)11-7-13/h13H,4-11,16H2,1-3H3. The van der Waals surface area contributed by atoms with Crippen molar-refractivity contribution in [3.05, 3.63) is 0 Å². The van der Waals surface area contributed by atoms with E-state index in [2.05, 4.69) is 30.0 Å².